The topological polar surface area (TPSA) is 58.6 Å². The Morgan fingerprint density at radius 1 is 1.33 bits per heavy atom. The Hall–Kier alpha value is -1.47. The number of carbonyl (C=O) groups is 2. The normalized spacial score (nSPS) is 11.3. The highest BCUT2D eigenvalue weighted by Gasteiger charge is 2.30. The Kier molecular flexibility index (Phi) is 6.50. The van der Waals surface area contributed by atoms with Gasteiger partial charge in [0.1, 0.15) is 6.54 Å². The van der Waals surface area contributed by atoms with Gasteiger partial charge in [0.05, 0.1) is 0 Å². The van der Waals surface area contributed by atoms with Crippen LogP contribution in [-0.4, -0.2) is 48.8 Å². The van der Waals surface area contributed by atoms with E-state index in [1.54, 1.807) is 13.8 Å². The van der Waals surface area contributed by atoms with Gasteiger partial charge in [-0.2, -0.15) is 13.2 Å². The van der Waals surface area contributed by atoms with Crippen LogP contribution < -0.4 is 5.32 Å². The molecule has 0 atom stereocenters. The SMILES string of the molecule is CCN(CC(=O)NC(C)C)C(=O)OCC(F)(F)F. The summed E-state index contributed by atoms with van der Waals surface area (Å²) in [5.74, 6) is -0.448. The minimum absolute atomic E-state index is 0.0855. The molecule has 18 heavy (non-hydrogen) atoms. The number of alkyl halides is 3. The van der Waals surface area contributed by atoms with Crippen LogP contribution in [0.2, 0.25) is 0 Å². The van der Waals surface area contributed by atoms with Gasteiger partial charge in [-0.1, -0.05) is 0 Å². The molecule has 5 nitrogen and oxygen atoms in total. The van der Waals surface area contributed by atoms with E-state index < -0.39 is 24.8 Å². The second-order valence-electron chi connectivity index (χ2n) is 3.91. The number of likely N-dealkylation sites (N-methyl/N-ethyl adjacent to an activating group) is 1. The van der Waals surface area contributed by atoms with Crippen molar-refractivity contribution in [1.82, 2.24) is 10.2 Å². The molecule has 0 aliphatic carbocycles. The molecular weight excluding hydrogens is 253 g/mol. The first-order valence-electron chi connectivity index (χ1n) is 5.43. The van der Waals surface area contributed by atoms with E-state index in [2.05, 4.69) is 10.1 Å². The van der Waals surface area contributed by atoms with Crippen molar-refractivity contribution in [2.75, 3.05) is 19.7 Å². The number of hydrogen-bond donors (Lipinski definition) is 1. The molecule has 0 heterocycles. The Labute approximate surface area is 103 Å². The van der Waals surface area contributed by atoms with Gasteiger partial charge < -0.3 is 10.1 Å². The number of amides is 2. The Balaban J connectivity index is 4.24. The summed E-state index contributed by atoms with van der Waals surface area (Å²) in [6.45, 7) is 3.10. The largest absolute Gasteiger partial charge is 0.440 e. The van der Waals surface area contributed by atoms with E-state index in [1.807, 2.05) is 0 Å². The summed E-state index contributed by atoms with van der Waals surface area (Å²) in [6, 6.07) is -0.109. The maximum Gasteiger partial charge on any atom is 0.422 e. The van der Waals surface area contributed by atoms with Crippen molar-refractivity contribution in [3.8, 4) is 0 Å². The number of halogens is 3. The lowest BCUT2D eigenvalue weighted by molar-refractivity contribution is -0.162. The van der Waals surface area contributed by atoms with Crippen LogP contribution in [0.25, 0.3) is 0 Å². The fraction of sp³-hybridized carbons (Fsp3) is 0.800. The third kappa shape index (κ3) is 7.75. The maximum absolute atomic E-state index is 11.8. The second kappa shape index (κ2) is 7.07. The molecule has 0 aromatic rings. The van der Waals surface area contributed by atoms with E-state index in [9.17, 15) is 22.8 Å². The summed E-state index contributed by atoms with van der Waals surface area (Å²) in [5, 5.41) is 2.52. The van der Waals surface area contributed by atoms with Crippen LogP contribution in [-0.2, 0) is 9.53 Å². The highest BCUT2D eigenvalue weighted by molar-refractivity contribution is 5.82. The zero-order valence-electron chi connectivity index (χ0n) is 10.5. The summed E-state index contributed by atoms with van der Waals surface area (Å²) >= 11 is 0. The van der Waals surface area contributed by atoms with Gasteiger partial charge in [0, 0.05) is 12.6 Å². The summed E-state index contributed by atoms with van der Waals surface area (Å²) in [6.07, 6.45) is -5.73. The molecule has 0 saturated carbocycles. The molecule has 0 bridgehead atoms. The average molecular weight is 270 g/mol. The van der Waals surface area contributed by atoms with Crippen LogP contribution >= 0.6 is 0 Å². The fourth-order valence-electron chi connectivity index (χ4n) is 1.08. The van der Waals surface area contributed by atoms with E-state index in [0.717, 1.165) is 4.90 Å². The van der Waals surface area contributed by atoms with Crippen LogP contribution in [0.4, 0.5) is 18.0 Å². The van der Waals surface area contributed by atoms with Gasteiger partial charge in [-0.25, -0.2) is 4.79 Å². The van der Waals surface area contributed by atoms with Crippen molar-refractivity contribution >= 4 is 12.0 Å². The maximum atomic E-state index is 11.8. The van der Waals surface area contributed by atoms with Gasteiger partial charge >= 0.3 is 12.3 Å². The zero-order chi connectivity index (χ0) is 14.3. The van der Waals surface area contributed by atoms with Gasteiger partial charge in [0.25, 0.3) is 0 Å². The predicted octanol–water partition coefficient (Wildman–Crippen LogP) is 1.53. The molecule has 2 amide bonds. The van der Waals surface area contributed by atoms with Gasteiger partial charge in [0.15, 0.2) is 6.61 Å². The van der Waals surface area contributed by atoms with Gasteiger partial charge in [0.2, 0.25) is 5.91 Å². The van der Waals surface area contributed by atoms with Crippen LogP contribution in [0, 0.1) is 0 Å². The summed E-state index contributed by atoms with van der Waals surface area (Å²) in [4.78, 5) is 23.5. The summed E-state index contributed by atoms with van der Waals surface area (Å²) in [5.41, 5.74) is 0. The smallest absolute Gasteiger partial charge is 0.422 e. The average Bonchev–Trinajstić information content (AvgIpc) is 2.20. The van der Waals surface area contributed by atoms with Crippen molar-refractivity contribution in [3.05, 3.63) is 0 Å². The lowest BCUT2D eigenvalue weighted by Crippen LogP contribution is -2.43. The third-order valence-corrected chi connectivity index (χ3v) is 1.78. The van der Waals surface area contributed by atoms with Gasteiger partial charge in [-0.3, -0.25) is 9.69 Å². The van der Waals surface area contributed by atoms with Crippen molar-refractivity contribution < 1.29 is 27.5 Å². The lowest BCUT2D eigenvalue weighted by atomic mass is 10.4. The quantitative estimate of drug-likeness (QED) is 0.824. The van der Waals surface area contributed by atoms with Gasteiger partial charge in [-0.05, 0) is 20.8 Å². The standard InChI is InChI=1S/C10H17F3N2O3/c1-4-15(5-8(16)14-7(2)3)9(17)18-6-10(11,12)13/h7H,4-6H2,1-3H3,(H,14,16). The minimum Gasteiger partial charge on any atom is -0.440 e. The van der Waals surface area contributed by atoms with Crippen molar-refractivity contribution in [2.24, 2.45) is 0 Å². The minimum atomic E-state index is -4.57. The first-order chi connectivity index (χ1) is 8.15. The molecule has 0 fully saturated rings. The number of nitrogens with zero attached hydrogens (tertiary/aromatic N) is 1. The van der Waals surface area contributed by atoms with Crippen LogP contribution in [0.3, 0.4) is 0 Å². The lowest BCUT2D eigenvalue weighted by Gasteiger charge is -2.20. The molecule has 0 aliphatic rings. The number of carbonyl (C=O) groups excluding carboxylic acids is 2. The molecule has 8 heteroatoms. The van der Waals surface area contributed by atoms with Crippen molar-refractivity contribution in [1.29, 1.82) is 0 Å². The fourth-order valence-corrected chi connectivity index (χ4v) is 1.08. The highest BCUT2D eigenvalue weighted by atomic mass is 19.4. The molecule has 0 rings (SSSR count). The molecule has 0 unspecified atom stereocenters. The number of ether oxygens (including phenoxy) is 1. The molecule has 0 saturated heterocycles. The monoisotopic (exact) mass is 270 g/mol. The van der Waals surface area contributed by atoms with Gasteiger partial charge in [-0.15, -0.1) is 0 Å². The Bertz CT molecular complexity index is 293. The Morgan fingerprint density at radius 3 is 2.28 bits per heavy atom. The van der Waals surface area contributed by atoms with Crippen molar-refractivity contribution in [2.45, 2.75) is 33.0 Å². The molecule has 0 aromatic carbocycles. The molecule has 0 radical (unpaired) electrons. The van der Waals surface area contributed by atoms with E-state index in [0.29, 0.717) is 0 Å². The number of nitrogens with one attached hydrogen (secondary N) is 1. The summed E-state index contributed by atoms with van der Waals surface area (Å²) < 4.78 is 39.6. The van der Waals surface area contributed by atoms with E-state index in [4.69, 9.17) is 0 Å². The van der Waals surface area contributed by atoms with Crippen molar-refractivity contribution in [3.63, 3.8) is 0 Å². The van der Waals surface area contributed by atoms with E-state index in [1.165, 1.54) is 6.92 Å². The second-order valence-corrected chi connectivity index (χ2v) is 3.91. The summed E-state index contributed by atoms with van der Waals surface area (Å²) in [7, 11) is 0. The van der Waals surface area contributed by atoms with E-state index >= 15 is 0 Å². The van der Waals surface area contributed by atoms with Crippen LogP contribution in [0.15, 0.2) is 0 Å². The molecule has 0 aliphatic heterocycles. The molecular formula is C10H17F3N2O3. The highest BCUT2D eigenvalue weighted by Crippen LogP contribution is 2.15. The van der Waals surface area contributed by atoms with E-state index in [-0.39, 0.29) is 19.1 Å². The molecule has 1 N–H and O–H groups in total. The molecule has 0 aromatic heterocycles. The third-order valence-electron chi connectivity index (χ3n) is 1.78. The van der Waals surface area contributed by atoms with Crippen LogP contribution in [0.1, 0.15) is 20.8 Å². The van der Waals surface area contributed by atoms with Crippen LogP contribution in [0.5, 0.6) is 0 Å². The zero-order valence-corrected chi connectivity index (χ0v) is 10.5. The molecule has 0 spiro atoms. The first-order valence-corrected chi connectivity index (χ1v) is 5.43. The predicted molar refractivity (Wildman–Crippen MR) is 57.9 cm³/mol. The Morgan fingerprint density at radius 2 is 1.89 bits per heavy atom. The molecule has 106 valence electrons. The number of hydrogen-bond acceptors (Lipinski definition) is 3. The first kappa shape index (κ1) is 16.5. The number of rotatable bonds is 5.